The zero-order valence-electron chi connectivity index (χ0n) is 18.4. The second kappa shape index (κ2) is 14.4. The van der Waals surface area contributed by atoms with Crippen LogP contribution < -0.4 is 10.6 Å². The molecule has 2 N–H and O–H groups in total. The Kier molecular flexibility index (Phi) is 12.1. The Balaban J connectivity index is 0.000000291. The first-order valence-electron chi connectivity index (χ1n) is 10.6. The molecule has 2 aromatic rings. The van der Waals surface area contributed by atoms with Crippen LogP contribution >= 0.6 is 0 Å². The number of hydrogen-bond donors (Lipinski definition) is 2. The van der Waals surface area contributed by atoms with Crippen LogP contribution in [0.5, 0.6) is 0 Å². The summed E-state index contributed by atoms with van der Waals surface area (Å²) in [5, 5.41) is 5.66. The Morgan fingerprint density at radius 3 is 1.48 bits per heavy atom. The van der Waals surface area contributed by atoms with E-state index in [2.05, 4.69) is 79.9 Å². The van der Waals surface area contributed by atoms with Crippen molar-refractivity contribution in [3.05, 3.63) is 70.8 Å². The van der Waals surface area contributed by atoms with Gasteiger partial charge in [0.1, 0.15) is 0 Å². The fraction of sp³-hybridized carbons (Fsp3) is 0.440. The Labute approximate surface area is 176 Å². The van der Waals surface area contributed by atoms with E-state index >= 15 is 0 Å². The maximum absolute atomic E-state index is 11.3. The van der Waals surface area contributed by atoms with E-state index in [1.165, 1.54) is 22.3 Å². The molecule has 2 aromatic carbocycles. The highest BCUT2D eigenvalue weighted by Gasteiger charge is 2.01. The maximum Gasteiger partial charge on any atom is 0.220 e. The molecule has 0 unspecified atom stereocenters. The summed E-state index contributed by atoms with van der Waals surface area (Å²) in [4.78, 5) is 22.5. The van der Waals surface area contributed by atoms with Crippen LogP contribution in [-0.4, -0.2) is 24.9 Å². The molecule has 0 bridgehead atoms. The zero-order valence-corrected chi connectivity index (χ0v) is 18.4. The van der Waals surface area contributed by atoms with Gasteiger partial charge in [-0.05, 0) is 51.2 Å². The van der Waals surface area contributed by atoms with Gasteiger partial charge in [-0.15, -0.1) is 0 Å². The molecular formula is C25H36N2O2. The molecule has 0 fully saturated rings. The SMILES string of the molecule is CCCNC(=O)CCc1ccc(C)cc1.CCNC(=O)CCc1ccc(C)cc1. The molecule has 0 spiro atoms. The summed E-state index contributed by atoms with van der Waals surface area (Å²) in [6, 6.07) is 16.6. The van der Waals surface area contributed by atoms with E-state index in [1.54, 1.807) is 0 Å². The van der Waals surface area contributed by atoms with E-state index in [-0.39, 0.29) is 11.8 Å². The van der Waals surface area contributed by atoms with Crippen molar-refractivity contribution in [1.29, 1.82) is 0 Å². The van der Waals surface area contributed by atoms with Gasteiger partial charge in [0.15, 0.2) is 0 Å². The molecule has 0 heterocycles. The minimum absolute atomic E-state index is 0.132. The van der Waals surface area contributed by atoms with Gasteiger partial charge in [-0.2, -0.15) is 0 Å². The van der Waals surface area contributed by atoms with E-state index in [4.69, 9.17) is 0 Å². The molecule has 0 atom stereocenters. The van der Waals surface area contributed by atoms with Crippen LogP contribution in [0.2, 0.25) is 0 Å². The molecule has 0 radical (unpaired) electrons. The lowest BCUT2D eigenvalue weighted by Crippen LogP contribution is -2.24. The monoisotopic (exact) mass is 396 g/mol. The minimum Gasteiger partial charge on any atom is -0.356 e. The Bertz CT molecular complexity index is 721. The molecule has 0 saturated heterocycles. The van der Waals surface area contributed by atoms with Crippen molar-refractivity contribution in [2.45, 2.75) is 59.8 Å². The van der Waals surface area contributed by atoms with Crippen LogP contribution in [0, 0.1) is 13.8 Å². The number of carbonyl (C=O) groups excluding carboxylic acids is 2. The Morgan fingerprint density at radius 1 is 0.690 bits per heavy atom. The van der Waals surface area contributed by atoms with Gasteiger partial charge >= 0.3 is 0 Å². The fourth-order valence-electron chi connectivity index (χ4n) is 2.66. The molecule has 0 aliphatic rings. The molecule has 2 amide bonds. The van der Waals surface area contributed by atoms with Crippen LogP contribution in [-0.2, 0) is 22.4 Å². The Morgan fingerprint density at radius 2 is 1.10 bits per heavy atom. The number of aryl methyl sites for hydroxylation is 4. The van der Waals surface area contributed by atoms with Crippen molar-refractivity contribution in [3.8, 4) is 0 Å². The highest BCUT2D eigenvalue weighted by molar-refractivity contribution is 5.76. The van der Waals surface area contributed by atoms with Crippen LogP contribution in [0.15, 0.2) is 48.5 Å². The number of carbonyl (C=O) groups is 2. The van der Waals surface area contributed by atoms with Crippen LogP contribution in [0.1, 0.15) is 55.4 Å². The number of nitrogens with one attached hydrogen (secondary N) is 2. The number of benzene rings is 2. The van der Waals surface area contributed by atoms with Gasteiger partial charge in [0.25, 0.3) is 0 Å². The normalized spacial score (nSPS) is 9.93. The van der Waals surface area contributed by atoms with Crippen LogP contribution in [0.4, 0.5) is 0 Å². The predicted molar refractivity (Wildman–Crippen MR) is 121 cm³/mol. The molecular weight excluding hydrogens is 360 g/mol. The van der Waals surface area contributed by atoms with Gasteiger partial charge in [0.05, 0.1) is 0 Å². The van der Waals surface area contributed by atoms with E-state index in [0.717, 1.165) is 25.8 Å². The second-order valence-corrected chi connectivity index (χ2v) is 7.27. The lowest BCUT2D eigenvalue weighted by molar-refractivity contribution is -0.121. The van der Waals surface area contributed by atoms with Crippen molar-refractivity contribution >= 4 is 11.8 Å². The van der Waals surface area contributed by atoms with Gasteiger partial charge in [0.2, 0.25) is 11.8 Å². The van der Waals surface area contributed by atoms with Gasteiger partial charge < -0.3 is 10.6 Å². The average molecular weight is 397 g/mol. The molecule has 2 rings (SSSR count). The van der Waals surface area contributed by atoms with Crippen molar-refractivity contribution in [2.75, 3.05) is 13.1 Å². The van der Waals surface area contributed by atoms with Gasteiger partial charge in [-0.3, -0.25) is 9.59 Å². The maximum atomic E-state index is 11.3. The molecule has 158 valence electrons. The van der Waals surface area contributed by atoms with E-state index in [0.29, 0.717) is 19.4 Å². The van der Waals surface area contributed by atoms with Crippen LogP contribution in [0.25, 0.3) is 0 Å². The first-order chi connectivity index (χ1) is 13.9. The third-order valence-electron chi connectivity index (χ3n) is 4.47. The molecule has 4 heteroatoms. The third-order valence-corrected chi connectivity index (χ3v) is 4.47. The van der Waals surface area contributed by atoms with Gasteiger partial charge in [-0.25, -0.2) is 0 Å². The lowest BCUT2D eigenvalue weighted by atomic mass is 10.1. The number of hydrogen-bond acceptors (Lipinski definition) is 2. The summed E-state index contributed by atoms with van der Waals surface area (Å²) in [6.45, 7) is 9.62. The summed E-state index contributed by atoms with van der Waals surface area (Å²) in [6.07, 6.45) is 3.82. The second-order valence-electron chi connectivity index (χ2n) is 7.27. The highest BCUT2D eigenvalue weighted by Crippen LogP contribution is 2.06. The summed E-state index contributed by atoms with van der Waals surface area (Å²) in [5.41, 5.74) is 4.97. The highest BCUT2D eigenvalue weighted by atomic mass is 16.2. The number of rotatable bonds is 9. The molecule has 0 saturated carbocycles. The first-order valence-corrected chi connectivity index (χ1v) is 10.6. The standard InChI is InChI=1S/C13H19NO.C12H17NO/c1-3-10-14-13(15)9-8-12-6-4-11(2)5-7-12;1-3-13-12(14)9-8-11-6-4-10(2)5-7-11/h4-7H,3,8-10H2,1-2H3,(H,14,15);4-7H,3,8-9H2,1-2H3,(H,13,14). The lowest BCUT2D eigenvalue weighted by Gasteiger charge is -2.03. The van der Waals surface area contributed by atoms with E-state index in [1.807, 2.05) is 6.92 Å². The average Bonchev–Trinajstić information content (AvgIpc) is 2.72. The van der Waals surface area contributed by atoms with E-state index in [9.17, 15) is 9.59 Å². The smallest absolute Gasteiger partial charge is 0.220 e. The number of amides is 2. The molecule has 0 aliphatic heterocycles. The molecule has 4 nitrogen and oxygen atoms in total. The van der Waals surface area contributed by atoms with Gasteiger partial charge in [0, 0.05) is 25.9 Å². The third kappa shape index (κ3) is 11.7. The summed E-state index contributed by atoms with van der Waals surface area (Å²) in [5.74, 6) is 0.283. The zero-order chi connectivity index (χ0) is 21.5. The van der Waals surface area contributed by atoms with E-state index < -0.39 is 0 Å². The summed E-state index contributed by atoms with van der Waals surface area (Å²) >= 11 is 0. The fourth-order valence-corrected chi connectivity index (χ4v) is 2.66. The summed E-state index contributed by atoms with van der Waals surface area (Å²) < 4.78 is 0. The predicted octanol–water partition coefficient (Wildman–Crippen LogP) is 4.52. The van der Waals surface area contributed by atoms with Gasteiger partial charge in [-0.1, -0.05) is 66.6 Å². The van der Waals surface area contributed by atoms with Crippen molar-refractivity contribution in [2.24, 2.45) is 0 Å². The summed E-state index contributed by atoms with van der Waals surface area (Å²) in [7, 11) is 0. The van der Waals surface area contributed by atoms with Crippen molar-refractivity contribution in [1.82, 2.24) is 10.6 Å². The van der Waals surface area contributed by atoms with Crippen LogP contribution in [0.3, 0.4) is 0 Å². The molecule has 0 aromatic heterocycles. The Hall–Kier alpha value is -2.62. The van der Waals surface area contributed by atoms with Crippen molar-refractivity contribution in [3.63, 3.8) is 0 Å². The largest absolute Gasteiger partial charge is 0.356 e. The first kappa shape index (κ1) is 24.4. The minimum atomic E-state index is 0.132. The quantitative estimate of drug-likeness (QED) is 0.655. The molecule has 29 heavy (non-hydrogen) atoms. The van der Waals surface area contributed by atoms with Crippen molar-refractivity contribution < 1.29 is 9.59 Å². The topological polar surface area (TPSA) is 58.2 Å². The molecule has 0 aliphatic carbocycles.